The molecule has 0 aliphatic carbocycles. The van der Waals surface area contributed by atoms with Crippen molar-refractivity contribution in [2.45, 2.75) is 6.42 Å². The summed E-state index contributed by atoms with van der Waals surface area (Å²) in [6.45, 7) is 0.470. The van der Waals surface area contributed by atoms with Gasteiger partial charge in [-0.15, -0.1) is 0 Å². The van der Waals surface area contributed by atoms with Gasteiger partial charge in [0.1, 0.15) is 0 Å². The molecule has 1 aromatic rings. The maximum absolute atomic E-state index is 10.5. The van der Waals surface area contributed by atoms with Crippen molar-refractivity contribution in [1.82, 2.24) is 10.3 Å². The number of hydrogen-bond acceptors (Lipinski definition) is 3. The van der Waals surface area contributed by atoms with Gasteiger partial charge in [0.15, 0.2) is 6.07 Å². The monoisotopic (exact) mass is 175 g/mol. The highest BCUT2D eigenvalue weighted by atomic mass is 16.1. The number of rotatable bonds is 3. The molecule has 0 bridgehead atoms. The SMILES string of the molecule is N#CC(=O)NCCc1cccnc1. The summed E-state index contributed by atoms with van der Waals surface area (Å²) in [7, 11) is 0. The van der Waals surface area contributed by atoms with Gasteiger partial charge in [-0.05, 0) is 18.1 Å². The number of aromatic nitrogens is 1. The highest BCUT2D eigenvalue weighted by Crippen LogP contribution is 1.94. The summed E-state index contributed by atoms with van der Waals surface area (Å²) < 4.78 is 0. The fourth-order valence-electron chi connectivity index (χ4n) is 0.906. The van der Waals surface area contributed by atoms with E-state index in [1.165, 1.54) is 6.07 Å². The average Bonchev–Trinajstić information content (AvgIpc) is 2.19. The lowest BCUT2D eigenvalue weighted by atomic mass is 10.2. The van der Waals surface area contributed by atoms with Crippen molar-refractivity contribution < 1.29 is 4.79 Å². The number of pyridine rings is 1. The van der Waals surface area contributed by atoms with Gasteiger partial charge in [0.25, 0.3) is 0 Å². The predicted octanol–water partition coefficient (Wildman–Crippen LogP) is 0.264. The molecule has 1 aromatic heterocycles. The van der Waals surface area contributed by atoms with Gasteiger partial charge >= 0.3 is 5.91 Å². The summed E-state index contributed by atoms with van der Waals surface area (Å²) in [6, 6.07) is 5.24. The van der Waals surface area contributed by atoms with Crippen LogP contribution in [0.1, 0.15) is 5.56 Å². The molecule has 1 heterocycles. The van der Waals surface area contributed by atoms with Gasteiger partial charge in [-0.1, -0.05) is 6.07 Å². The molecule has 0 saturated carbocycles. The van der Waals surface area contributed by atoms with E-state index in [9.17, 15) is 4.79 Å². The lowest BCUT2D eigenvalue weighted by Gasteiger charge is -1.99. The molecule has 66 valence electrons. The molecule has 0 saturated heterocycles. The second-order valence-electron chi connectivity index (χ2n) is 2.48. The minimum Gasteiger partial charge on any atom is -0.343 e. The highest BCUT2D eigenvalue weighted by Gasteiger charge is 1.96. The van der Waals surface area contributed by atoms with Crippen LogP contribution in [0, 0.1) is 11.3 Å². The zero-order chi connectivity index (χ0) is 9.52. The van der Waals surface area contributed by atoms with E-state index in [0.29, 0.717) is 13.0 Å². The van der Waals surface area contributed by atoms with Crippen LogP contribution < -0.4 is 5.32 Å². The Kier molecular flexibility index (Phi) is 3.45. The third-order valence-electron chi connectivity index (χ3n) is 1.52. The molecule has 0 aliphatic rings. The minimum absolute atomic E-state index is 0.470. The van der Waals surface area contributed by atoms with Gasteiger partial charge < -0.3 is 5.32 Å². The Bertz CT molecular complexity index is 315. The number of nitriles is 1. The average molecular weight is 175 g/mol. The molecule has 4 nitrogen and oxygen atoms in total. The number of amides is 1. The Hall–Kier alpha value is -1.89. The maximum atomic E-state index is 10.5. The van der Waals surface area contributed by atoms with E-state index in [1.54, 1.807) is 12.4 Å². The van der Waals surface area contributed by atoms with Crippen molar-refractivity contribution in [1.29, 1.82) is 5.26 Å². The largest absolute Gasteiger partial charge is 0.343 e. The van der Waals surface area contributed by atoms with E-state index in [4.69, 9.17) is 5.26 Å². The topological polar surface area (TPSA) is 65.8 Å². The number of nitrogens with one attached hydrogen (secondary N) is 1. The fraction of sp³-hybridized carbons (Fsp3) is 0.222. The Morgan fingerprint density at radius 2 is 2.54 bits per heavy atom. The quantitative estimate of drug-likeness (QED) is 0.670. The molecule has 0 radical (unpaired) electrons. The van der Waals surface area contributed by atoms with Crippen molar-refractivity contribution in [3.8, 4) is 6.07 Å². The van der Waals surface area contributed by atoms with E-state index < -0.39 is 5.91 Å². The summed E-state index contributed by atoms with van der Waals surface area (Å²) in [5, 5.41) is 10.6. The molecular formula is C9H9N3O. The van der Waals surface area contributed by atoms with Gasteiger partial charge in [-0.25, -0.2) is 0 Å². The molecule has 1 N–H and O–H groups in total. The molecule has 13 heavy (non-hydrogen) atoms. The second kappa shape index (κ2) is 4.88. The Balaban J connectivity index is 2.29. The second-order valence-corrected chi connectivity index (χ2v) is 2.48. The van der Waals surface area contributed by atoms with Crippen molar-refractivity contribution in [2.75, 3.05) is 6.54 Å². The lowest BCUT2D eigenvalue weighted by Crippen LogP contribution is -2.23. The van der Waals surface area contributed by atoms with Crippen molar-refractivity contribution >= 4 is 5.91 Å². The lowest BCUT2D eigenvalue weighted by molar-refractivity contribution is -0.115. The first-order valence-electron chi connectivity index (χ1n) is 3.90. The first-order chi connectivity index (χ1) is 6.33. The first-order valence-corrected chi connectivity index (χ1v) is 3.90. The zero-order valence-electron chi connectivity index (χ0n) is 7.03. The summed E-state index contributed by atoms with van der Waals surface area (Å²) in [6.07, 6.45) is 4.12. The molecule has 0 aromatic carbocycles. The number of hydrogen-bond donors (Lipinski definition) is 1. The first kappa shape index (κ1) is 9.20. The van der Waals surface area contributed by atoms with Crippen molar-refractivity contribution in [2.24, 2.45) is 0 Å². The molecule has 4 heteroatoms. The third kappa shape index (κ3) is 3.34. The Morgan fingerprint density at radius 1 is 1.69 bits per heavy atom. The van der Waals surface area contributed by atoms with Crippen LogP contribution in [0.15, 0.2) is 24.5 Å². The highest BCUT2D eigenvalue weighted by molar-refractivity contribution is 5.91. The van der Waals surface area contributed by atoms with Crippen LogP contribution in [0.25, 0.3) is 0 Å². The molecule has 1 rings (SSSR count). The molecule has 0 aliphatic heterocycles. The van der Waals surface area contributed by atoms with Crippen molar-refractivity contribution in [3.05, 3.63) is 30.1 Å². The molecule has 1 amide bonds. The van der Waals surface area contributed by atoms with Gasteiger partial charge in [0.2, 0.25) is 0 Å². The van der Waals surface area contributed by atoms with Crippen LogP contribution >= 0.6 is 0 Å². The number of nitrogens with zero attached hydrogens (tertiary/aromatic N) is 2. The van der Waals surface area contributed by atoms with Crippen LogP contribution in [-0.2, 0) is 11.2 Å². The van der Waals surface area contributed by atoms with Gasteiger partial charge in [-0.2, -0.15) is 5.26 Å². The van der Waals surface area contributed by atoms with Crippen LogP contribution in [-0.4, -0.2) is 17.4 Å². The summed E-state index contributed by atoms with van der Waals surface area (Å²) in [5.41, 5.74) is 1.04. The standard InChI is InChI=1S/C9H9N3O/c10-6-9(13)12-5-3-8-2-1-4-11-7-8/h1-2,4,7H,3,5H2,(H,12,13). The van der Waals surface area contributed by atoms with Gasteiger partial charge in [0.05, 0.1) is 0 Å². The number of carbonyl (C=O) groups is 1. The summed E-state index contributed by atoms with van der Waals surface area (Å²) in [5.74, 6) is -0.594. The molecular weight excluding hydrogens is 166 g/mol. The van der Waals surface area contributed by atoms with E-state index in [-0.39, 0.29) is 0 Å². The van der Waals surface area contributed by atoms with Crippen LogP contribution in [0.5, 0.6) is 0 Å². The van der Waals surface area contributed by atoms with Crippen LogP contribution in [0.4, 0.5) is 0 Å². The van der Waals surface area contributed by atoms with Crippen LogP contribution in [0.3, 0.4) is 0 Å². The minimum atomic E-state index is -0.594. The molecule has 0 unspecified atom stereocenters. The zero-order valence-corrected chi connectivity index (χ0v) is 7.03. The van der Waals surface area contributed by atoms with E-state index in [2.05, 4.69) is 10.3 Å². The molecule has 0 atom stereocenters. The van der Waals surface area contributed by atoms with E-state index in [1.807, 2.05) is 12.1 Å². The van der Waals surface area contributed by atoms with Crippen molar-refractivity contribution in [3.63, 3.8) is 0 Å². The van der Waals surface area contributed by atoms with E-state index in [0.717, 1.165) is 5.56 Å². The normalized spacial score (nSPS) is 8.85. The number of carbonyl (C=O) groups excluding carboxylic acids is 1. The Labute approximate surface area is 76.2 Å². The Morgan fingerprint density at radius 3 is 3.15 bits per heavy atom. The smallest absolute Gasteiger partial charge is 0.322 e. The maximum Gasteiger partial charge on any atom is 0.322 e. The van der Waals surface area contributed by atoms with Gasteiger partial charge in [-0.3, -0.25) is 9.78 Å². The fourth-order valence-corrected chi connectivity index (χ4v) is 0.906. The van der Waals surface area contributed by atoms with E-state index >= 15 is 0 Å². The predicted molar refractivity (Wildman–Crippen MR) is 46.6 cm³/mol. The third-order valence-corrected chi connectivity index (χ3v) is 1.52. The summed E-state index contributed by atoms with van der Waals surface area (Å²) in [4.78, 5) is 14.4. The molecule has 0 fully saturated rings. The molecule has 0 spiro atoms. The van der Waals surface area contributed by atoms with Gasteiger partial charge in [0, 0.05) is 18.9 Å². The van der Waals surface area contributed by atoms with Crippen LogP contribution in [0.2, 0.25) is 0 Å². The summed E-state index contributed by atoms with van der Waals surface area (Å²) >= 11 is 0.